The molecule has 1 aromatic carbocycles. The minimum Gasteiger partial charge on any atom is -0.468 e. The predicted molar refractivity (Wildman–Crippen MR) is 66.9 cm³/mol. The van der Waals surface area contributed by atoms with E-state index >= 15 is 0 Å². The molecule has 0 bridgehead atoms. The number of esters is 1. The van der Waals surface area contributed by atoms with Crippen LogP contribution in [-0.2, 0) is 14.3 Å². The van der Waals surface area contributed by atoms with Gasteiger partial charge in [-0.1, -0.05) is 30.3 Å². The summed E-state index contributed by atoms with van der Waals surface area (Å²) in [5.41, 5.74) is 1.07. The Hall–Kier alpha value is -1.68. The van der Waals surface area contributed by atoms with E-state index in [1.54, 1.807) is 0 Å². The highest BCUT2D eigenvalue weighted by Crippen LogP contribution is 2.27. The third-order valence-electron chi connectivity index (χ3n) is 3.37. The molecule has 4 nitrogen and oxygen atoms in total. The van der Waals surface area contributed by atoms with Crippen molar-refractivity contribution >= 4 is 11.8 Å². The standard InChI is InChI=1S/C14H17NO3/c1-9-13(14(17)18-2)12(16)8-11(15-9)10-6-4-3-5-7-10/h3-7,9,11,13,15H,8H2,1-2H3/t9-,11-,13+/m1/s1. The van der Waals surface area contributed by atoms with Crippen molar-refractivity contribution in [2.45, 2.75) is 25.4 Å². The van der Waals surface area contributed by atoms with Gasteiger partial charge < -0.3 is 10.1 Å². The first-order chi connectivity index (χ1) is 8.63. The number of methoxy groups -OCH3 is 1. The summed E-state index contributed by atoms with van der Waals surface area (Å²) in [5.74, 6) is -1.19. The average Bonchev–Trinajstić information content (AvgIpc) is 2.38. The monoisotopic (exact) mass is 247 g/mol. The van der Waals surface area contributed by atoms with Crippen molar-refractivity contribution < 1.29 is 14.3 Å². The van der Waals surface area contributed by atoms with Crippen LogP contribution in [0.25, 0.3) is 0 Å². The summed E-state index contributed by atoms with van der Waals surface area (Å²) in [6, 6.07) is 9.57. The van der Waals surface area contributed by atoms with Crippen LogP contribution in [0.3, 0.4) is 0 Å². The number of carbonyl (C=O) groups excluding carboxylic acids is 2. The van der Waals surface area contributed by atoms with Crippen LogP contribution in [0.5, 0.6) is 0 Å². The molecule has 1 aliphatic heterocycles. The fraction of sp³-hybridized carbons (Fsp3) is 0.429. The SMILES string of the molecule is COC(=O)[C@@H]1C(=O)C[C@H](c2ccccc2)N[C@@H]1C. The highest BCUT2D eigenvalue weighted by Gasteiger charge is 2.39. The number of piperidine rings is 1. The maximum absolute atomic E-state index is 12.0. The molecule has 0 saturated carbocycles. The second-order valence-electron chi connectivity index (χ2n) is 4.59. The van der Waals surface area contributed by atoms with E-state index in [-0.39, 0.29) is 17.9 Å². The van der Waals surface area contributed by atoms with Crippen molar-refractivity contribution in [2.24, 2.45) is 5.92 Å². The van der Waals surface area contributed by atoms with E-state index in [2.05, 4.69) is 10.1 Å². The molecule has 1 saturated heterocycles. The number of hydrogen-bond acceptors (Lipinski definition) is 4. The number of ether oxygens (including phenoxy) is 1. The Morgan fingerprint density at radius 3 is 2.56 bits per heavy atom. The number of benzene rings is 1. The highest BCUT2D eigenvalue weighted by atomic mass is 16.5. The Kier molecular flexibility index (Phi) is 3.77. The van der Waals surface area contributed by atoms with Gasteiger partial charge >= 0.3 is 5.97 Å². The fourth-order valence-electron chi connectivity index (χ4n) is 2.44. The van der Waals surface area contributed by atoms with Crippen LogP contribution in [0.2, 0.25) is 0 Å². The van der Waals surface area contributed by atoms with E-state index in [4.69, 9.17) is 0 Å². The summed E-state index contributed by atoms with van der Waals surface area (Å²) < 4.78 is 4.67. The summed E-state index contributed by atoms with van der Waals surface area (Å²) in [6.45, 7) is 1.84. The fourth-order valence-corrected chi connectivity index (χ4v) is 2.44. The molecule has 2 rings (SSSR count). The van der Waals surface area contributed by atoms with Gasteiger partial charge in [-0.05, 0) is 12.5 Å². The molecule has 0 radical (unpaired) electrons. The summed E-state index contributed by atoms with van der Waals surface area (Å²) in [7, 11) is 1.31. The van der Waals surface area contributed by atoms with Gasteiger partial charge in [0.1, 0.15) is 5.92 Å². The Labute approximate surface area is 106 Å². The molecular weight excluding hydrogens is 230 g/mol. The molecule has 1 N–H and O–H groups in total. The van der Waals surface area contributed by atoms with Crippen LogP contribution in [0, 0.1) is 5.92 Å². The molecule has 0 unspecified atom stereocenters. The van der Waals surface area contributed by atoms with Gasteiger partial charge in [0.15, 0.2) is 5.78 Å². The van der Waals surface area contributed by atoms with E-state index in [0.29, 0.717) is 6.42 Å². The van der Waals surface area contributed by atoms with E-state index in [9.17, 15) is 9.59 Å². The van der Waals surface area contributed by atoms with Gasteiger partial charge in [0.05, 0.1) is 7.11 Å². The molecule has 18 heavy (non-hydrogen) atoms. The normalized spacial score (nSPS) is 27.9. The molecule has 0 aromatic heterocycles. The lowest BCUT2D eigenvalue weighted by atomic mass is 9.85. The Bertz CT molecular complexity index is 444. The first kappa shape index (κ1) is 12.8. The van der Waals surface area contributed by atoms with Crippen molar-refractivity contribution in [3.8, 4) is 0 Å². The maximum Gasteiger partial charge on any atom is 0.317 e. The largest absolute Gasteiger partial charge is 0.468 e. The zero-order valence-corrected chi connectivity index (χ0v) is 10.6. The molecule has 1 aromatic rings. The lowest BCUT2D eigenvalue weighted by molar-refractivity contribution is -0.152. The van der Waals surface area contributed by atoms with Gasteiger partial charge in [-0.15, -0.1) is 0 Å². The van der Waals surface area contributed by atoms with E-state index in [0.717, 1.165) is 5.56 Å². The second kappa shape index (κ2) is 5.31. The van der Waals surface area contributed by atoms with Crippen molar-refractivity contribution in [2.75, 3.05) is 7.11 Å². The van der Waals surface area contributed by atoms with Crippen LogP contribution in [0.4, 0.5) is 0 Å². The van der Waals surface area contributed by atoms with Crippen LogP contribution in [-0.4, -0.2) is 24.9 Å². The molecule has 96 valence electrons. The van der Waals surface area contributed by atoms with Gasteiger partial charge in [0, 0.05) is 18.5 Å². The van der Waals surface area contributed by atoms with Gasteiger partial charge in [-0.25, -0.2) is 0 Å². The topological polar surface area (TPSA) is 55.4 Å². The number of ketones is 1. The van der Waals surface area contributed by atoms with Crippen LogP contribution >= 0.6 is 0 Å². The zero-order valence-electron chi connectivity index (χ0n) is 10.6. The first-order valence-electron chi connectivity index (χ1n) is 6.05. The summed E-state index contributed by atoms with van der Waals surface area (Å²) >= 11 is 0. The number of Topliss-reactive ketones (excluding diaryl/α,β-unsaturated/α-hetero) is 1. The van der Waals surface area contributed by atoms with Gasteiger partial charge in [0.2, 0.25) is 0 Å². The van der Waals surface area contributed by atoms with Crippen molar-refractivity contribution in [3.63, 3.8) is 0 Å². The van der Waals surface area contributed by atoms with Crippen LogP contribution in [0.15, 0.2) is 30.3 Å². The molecule has 4 heteroatoms. The van der Waals surface area contributed by atoms with E-state index in [1.807, 2.05) is 37.3 Å². The lowest BCUT2D eigenvalue weighted by Crippen LogP contribution is -2.50. The molecule has 0 amide bonds. The summed E-state index contributed by atoms with van der Waals surface area (Å²) in [5, 5.41) is 3.31. The van der Waals surface area contributed by atoms with E-state index < -0.39 is 11.9 Å². The van der Waals surface area contributed by atoms with E-state index in [1.165, 1.54) is 7.11 Å². The minimum atomic E-state index is -0.685. The van der Waals surface area contributed by atoms with Crippen LogP contribution in [0.1, 0.15) is 24.9 Å². The minimum absolute atomic E-state index is 0.0189. The number of nitrogens with one attached hydrogen (secondary N) is 1. The summed E-state index contributed by atoms with van der Waals surface area (Å²) in [6.07, 6.45) is 0.327. The van der Waals surface area contributed by atoms with Crippen LogP contribution < -0.4 is 5.32 Å². The molecule has 1 aliphatic rings. The number of carbonyl (C=O) groups is 2. The lowest BCUT2D eigenvalue weighted by Gasteiger charge is -2.33. The Morgan fingerprint density at radius 1 is 1.33 bits per heavy atom. The van der Waals surface area contributed by atoms with Gasteiger partial charge in [-0.2, -0.15) is 0 Å². The second-order valence-corrected chi connectivity index (χ2v) is 4.59. The third-order valence-corrected chi connectivity index (χ3v) is 3.37. The smallest absolute Gasteiger partial charge is 0.317 e. The molecule has 0 spiro atoms. The molecule has 1 fully saturated rings. The summed E-state index contributed by atoms with van der Waals surface area (Å²) in [4.78, 5) is 23.6. The van der Waals surface area contributed by atoms with Gasteiger partial charge in [0.25, 0.3) is 0 Å². The quantitative estimate of drug-likeness (QED) is 0.635. The molecule has 0 aliphatic carbocycles. The average molecular weight is 247 g/mol. The molecule has 3 atom stereocenters. The predicted octanol–water partition coefficient (Wildman–Crippen LogP) is 1.47. The molecular formula is C14H17NO3. The first-order valence-corrected chi connectivity index (χ1v) is 6.05. The van der Waals surface area contributed by atoms with Gasteiger partial charge in [-0.3, -0.25) is 9.59 Å². The third kappa shape index (κ3) is 2.43. The Balaban J connectivity index is 2.15. The van der Waals surface area contributed by atoms with Crippen molar-refractivity contribution in [1.82, 2.24) is 5.32 Å². The molecule has 1 heterocycles. The van der Waals surface area contributed by atoms with Crippen molar-refractivity contribution in [1.29, 1.82) is 0 Å². The maximum atomic E-state index is 12.0. The number of rotatable bonds is 2. The zero-order chi connectivity index (χ0) is 13.1. The highest BCUT2D eigenvalue weighted by molar-refractivity contribution is 6.00. The van der Waals surface area contributed by atoms with Crippen molar-refractivity contribution in [3.05, 3.63) is 35.9 Å². The number of hydrogen-bond donors (Lipinski definition) is 1. The Morgan fingerprint density at radius 2 is 2.00 bits per heavy atom.